The second kappa shape index (κ2) is 8.95. The first kappa shape index (κ1) is 19.3. The Morgan fingerprint density at radius 1 is 1.19 bits per heavy atom. The first-order valence-corrected chi connectivity index (χ1v) is 9.00. The minimum atomic E-state index is -2.82. The number of hydrogen-bond donors (Lipinski definition) is 0. The van der Waals surface area contributed by atoms with E-state index in [1.165, 1.54) is 0 Å². The number of Topliss-reactive ketones (excluding diaryl/α,β-unsaturated/α-hetero) is 1. The number of piperidine rings is 1. The summed E-state index contributed by atoms with van der Waals surface area (Å²) >= 11 is 0. The lowest BCUT2D eigenvalue weighted by atomic mass is 9.89. The van der Waals surface area contributed by atoms with Crippen molar-refractivity contribution < 1.29 is 23.0 Å². The average molecular weight is 375 g/mol. The minimum Gasteiger partial charge on any atom is -0.496 e. The third-order valence-electron chi connectivity index (χ3n) is 4.80. The van der Waals surface area contributed by atoms with Crippen molar-refractivity contribution in [3.05, 3.63) is 59.7 Å². The van der Waals surface area contributed by atoms with Crippen LogP contribution in [0.5, 0.6) is 11.5 Å². The van der Waals surface area contributed by atoms with Crippen LogP contribution in [0.3, 0.4) is 0 Å². The fraction of sp³-hybridized carbons (Fsp3) is 0.381. The largest absolute Gasteiger partial charge is 0.496 e. The molecule has 6 heteroatoms. The van der Waals surface area contributed by atoms with E-state index in [-0.39, 0.29) is 17.5 Å². The van der Waals surface area contributed by atoms with Gasteiger partial charge in [0, 0.05) is 19.0 Å². The molecule has 0 aliphatic carbocycles. The summed E-state index contributed by atoms with van der Waals surface area (Å²) in [7, 11) is 1.57. The van der Waals surface area contributed by atoms with Crippen LogP contribution in [0.2, 0.25) is 0 Å². The number of halogens is 2. The summed E-state index contributed by atoms with van der Waals surface area (Å²) in [4.78, 5) is 15.2. The smallest absolute Gasteiger partial charge is 0.387 e. The molecule has 0 bridgehead atoms. The number of benzene rings is 2. The van der Waals surface area contributed by atoms with E-state index in [4.69, 9.17) is 4.74 Å². The highest BCUT2D eigenvalue weighted by molar-refractivity contribution is 6.00. The lowest BCUT2D eigenvalue weighted by molar-refractivity contribution is -0.0498. The Bertz CT molecular complexity index is 764. The van der Waals surface area contributed by atoms with E-state index in [2.05, 4.69) is 9.64 Å². The van der Waals surface area contributed by atoms with E-state index >= 15 is 0 Å². The molecule has 2 aromatic carbocycles. The second-order valence-electron chi connectivity index (χ2n) is 6.66. The van der Waals surface area contributed by atoms with Crippen molar-refractivity contribution in [1.82, 2.24) is 4.90 Å². The fourth-order valence-electron chi connectivity index (χ4n) is 3.52. The maximum absolute atomic E-state index is 12.9. The zero-order chi connectivity index (χ0) is 19.2. The van der Waals surface area contributed by atoms with Crippen LogP contribution < -0.4 is 9.47 Å². The van der Waals surface area contributed by atoms with E-state index < -0.39 is 6.61 Å². The summed E-state index contributed by atoms with van der Waals surface area (Å²) in [6.45, 7) is -0.568. The average Bonchev–Trinajstić information content (AvgIpc) is 2.69. The lowest BCUT2D eigenvalue weighted by Gasteiger charge is -2.32. The molecule has 144 valence electrons. The number of nitrogens with zero attached hydrogens (tertiary/aromatic N) is 1. The van der Waals surface area contributed by atoms with Crippen molar-refractivity contribution in [2.45, 2.75) is 26.0 Å². The molecule has 1 atom stereocenters. The predicted molar refractivity (Wildman–Crippen MR) is 98.4 cm³/mol. The van der Waals surface area contributed by atoms with Gasteiger partial charge in [0.1, 0.15) is 11.5 Å². The minimum absolute atomic E-state index is 0.0727. The first-order valence-electron chi connectivity index (χ1n) is 9.00. The molecule has 4 nitrogen and oxygen atoms in total. The maximum atomic E-state index is 12.9. The Morgan fingerprint density at radius 2 is 1.93 bits per heavy atom. The van der Waals surface area contributed by atoms with Crippen molar-refractivity contribution in [2.75, 3.05) is 20.2 Å². The van der Waals surface area contributed by atoms with Crippen molar-refractivity contribution in [3.63, 3.8) is 0 Å². The molecule has 0 spiro atoms. The number of carbonyl (C=O) groups is 1. The molecule has 0 unspecified atom stereocenters. The van der Waals surface area contributed by atoms with Crippen molar-refractivity contribution in [3.8, 4) is 11.5 Å². The number of likely N-dealkylation sites (tertiary alicyclic amines) is 1. The molecule has 1 saturated heterocycles. The van der Waals surface area contributed by atoms with Gasteiger partial charge in [-0.1, -0.05) is 24.3 Å². The van der Waals surface area contributed by atoms with E-state index in [9.17, 15) is 13.6 Å². The fourth-order valence-corrected chi connectivity index (χ4v) is 3.52. The molecule has 0 radical (unpaired) electrons. The molecule has 1 aliphatic rings. The van der Waals surface area contributed by atoms with Gasteiger partial charge in [-0.25, -0.2) is 0 Å². The summed E-state index contributed by atoms with van der Waals surface area (Å²) in [6, 6.07) is 14.0. The summed E-state index contributed by atoms with van der Waals surface area (Å²) in [6.07, 6.45) is 1.80. The van der Waals surface area contributed by atoms with Crippen molar-refractivity contribution in [1.29, 1.82) is 0 Å². The molecule has 0 N–H and O–H groups in total. The van der Waals surface area contributed by atoms with Crippen LogP contribution in [0.25, 0.3) is 0 Å². The van der Waals surface area contributed by atoms with Gasteiger partial charge in [0.25, 0.3) is 0 Å². The number of carbonyl (C=O) groups excluding carboxylic acids is 1. The second-order valence-corrected chi connectivity index (χ2v) is 6.66. The van der Waals surface area contributed by atoms with Crippen molar-refractivity contribution in [2.24, 2.45) is 5.92 Å². The zero-order valence-corrected chi connectivity index (χ0v) is 15.2. The highest BCUT2D eigenvalue weighted by Crippen LogP contribution is 2.27. The number of ether oxygens (including phenoxy) is 2. The molecule has 3 rings (SSSR count). The Hall–Kier alpha value is -2.47. The molecule has 0 amide bonds. The summed E-state index contributed by atoms with van der Waals surface area (Å²) in [5, 5.41) is 0. The SMILES string of the molecule is COc1ccccc1C(=O)[C@@H]1CCCN(Cc2ccc(OC(F)F)cc2)C1. The van der Waals surface area contributed by atoms with Crippen LogP contribution in [0, 0.1) is 5.92 Å². The number of para-hydroxylation sites is 1. The van der Waals surface area contributed by atoms with Crippen LogP contribution in [0.1, 0.15) is 28.8 Å². The lowest BCUT2D eigenvalue weighted by Crippen LogP contribution is -2.38. The third-order valence-corrected chi connectivity index (χ3v) is 4.80. The highest BCUT2D eigenvalue weighted by atomic mass is 19.3. The molecule has 27 heavy (non-hydrogen) atoms. The Balaban J connectivity index is 1.63. The Labute approximate surface area is 157 Å². The predicted octanol–water partition coefficient (Wildman–Crippen LogP) is 4.39. The van der Waals surface area contributed by atoms with Gasteiger partial charge in [-0.05, 0) is 49.2 Å². The Morgan fingerprint density at radius 3 is 2.63 bits per heavy atom. The van der Waals surface area contributed by atoms with E-state index in [1.807, 2.05) is 18.2 Å². The molecular formula is C21H23F2NO3. The molecule has 2 aromatic rings. The van der Waals surface area contributed by atoms with Crippen LogP contribution in [-0.4, -0.2) is 37.5 Å². The maximum Gasteiger partial charge on any atom is 0.387 e. The molecule has 1 aliphatic heterocycles. The summed E-state index contributed by atoms with van der Waals surface area (Å²) in [5.41, 5.74) is 1.63. The number of hydrogen-bond acceptors (Lipinski definition) is 4. The number of ketones is 1. The topological polar surface area (TPSA) is 38.8 Å². The van der Waals surface area contributed by atoms with Gasteiger partial charge in [0.15, 0.2) is 5.78 Å². The quantitative estimate of drug-likeness (QED) is 0.673. The summed E-state index contributed by atoms with van der Waals surface area (Å²) < 4.78 is 34.2. The van der Waals surface area contributed by atoms with E-state index in [1.54, 1.807) is 37.4 Å². The Kier molecular flexibility index (Phi) is 6.40. The first-order chi connectivity index (χ1) is 13.1. The van der Waals surface area contributed by atoms with Gasteiger partial charge in [-0.3, -0.25) is 9.69 Å². The monoisotopic (exact) mass is 375 g/mol. The molecule has 1 heterocycles. The van der Waals surface area contributed by atoms with E-state index in [0.29, 0.717) is 24.4 Å². The molecular weight excluding hydrogens is 352 g/mol. The van der Waals surface area contributed by atoms with Crippen LogP contribution >= 0.6 is 0 Å². The molecule has 0 saturated carbocycles. The van der Waals surface area contributed by atoms with Gasteiger partial charge < -0.3 is 9.47 Å². The third kappa shape index (κ3) is 5.04. The number of alkyl halides is 2. The number of rotatable bonds is 7. The van der Waals surface area contributed by atoms with Gasteiger partial charge >= 0.3 is 6.61 Å². The van der Waals surface area contributed by atoms with Gasteiger partial charge in [0.05, 0.1) is 12.7 Å². The highest BCUT2D eigenvalue weighted by Gasteiger charge is 2.28. The van der Waals surface area contributed by atoms with Gasteiger partial charge in [-0.15, -0.1) is 0 Å². The molecule has 0 aromatic heterocycles. The standard InChI is InChI=1S/C21H23F2NO3/c1-26-19-7-3-2-6-18(19)20(25)16-5-4-12-24(14-16)13-15-8-10-17(11-9-15)27-21(22)23/h2-3,6-11,16,21H,4-5,12-14H2,1H3/t16-/m1/s1. The summed E-state index contributed by atoms with van der Waals surface area (Å²) in [5.74, 6) is 0.792. The van der Waals surface area contributed by atoms with Gasteiger partial charge in [0.2, 0.25) is 0 Å². The van der Waals surface area contributed by atoms with Crippen molar-refractivity contribution >= 4 is 5.78 Å². The van der Waals surface area contributed by atoms with Crippen LogP contribution in [-0.2, 0) is 6.54 Å². The number of methoxy groups -OCH3 is 1. The van der Waals surface area contributed by atoms with Crippen LogP contribution in [0.15, 0.2) is 48.5 Å². The normalized spacial score (nSPS) is 17.7. The van der Waals surface area contributed by atoms with Gasteiger partial charge in [-0.2, -0.15) is 8.78 Å². The van der Waals surface area contributed by atoms with E-state index in [0.717, 1.165) is 24.9 Å². The molecule has 1 fully saturated rings. The zero-order valence-electron chi connectivity index (χ0n) is 15.2. The van der Waals surface area contributed by atoms with Crippen LogP contribution in [0.4, 0.5) is 8.78 Å².